The van der Waals surface area contributed by atoms with Crippen LogP contribution in [0.1, 0.15) is 55.5 Å². The Labute approximate surface area is 227 Å². The van der Waals surface area contributed by atoms with Crippen molar-refractivity contribution in [1.82, 2.24) is 24.9 Å². The Bertz CT molecular complexity index is 1370. The molecule has 0 radical (unpaired) electrons. The number of halogens is 1. The first-order valence-corrected chi connectivity index (χ1v) is 13.1. The predicted octanol–water partition coefficient (Wildman–Crippen LogP) is 3.59. The zero-order chi connectivity index (χ0) is 27.9. The fourth-order valence-electron chi connectivity index (χ4n) is 4.85. The summed E-state index contributed by atoms with van der Waals surface area (Å²) in [6.45, 7) is 8.19. The van der Waals surface area contributed by atoms with E-state index >= 15 is 0 Å². The minimum absolute atomic E-state index is 0.0290. The number of nitrogens with zero attached hydrogens (tertiary/aromatic N) is 6. The molecule has 4 rings (SSSR count). The molecule has 10 nitrogen and oxygen atoms in total. The Morgan fingerprint density at radius 1 is 1.38 bits per heavy atom. The summed E-state index contributed by atoms with van der Waals surface area (Å²) in [6, 6.07) is 6.55. The maximum absolute atomic E-state index is 14.5. The summed E-state index contributed by atoms with van der Waals surface area (Å²) in [5.74, 6) is 0.121. The highest BCUT2D eigenvalue weighted by Gasteiger charge is 2.28. The fraction of sp³-hybridized carbons (Fsp3) is 0.429. The molecule has 3 N–H and O–H groups in total. The van der Waals surface area contributed by atoms with Crippen LogP contribution in [0.3, 0.4) is 0 Å². The van der Waals surface area contributed by atoms with Gasteiger partial charge in [-0.1, -0.05) is 6.07 Å². The summed E-state index contributed by atoms with van der Waals surface area (Å²) in [6.07, 6.45) is 7.32. The second kappa shape index (κ2) is 12.7. The topological polar surface area (TPSA) is 134 Å². The van der Waals surface area contributed by atoms with Gasteiger partial charge in [-0.3, -0.25) is 9.36 Å². The first-order valence-electron chi connectivity index (χ1n) is 13.1. The molecule has 0 spiro atoms. The van der Waals surface area contributed by atoms with Crippen molar-refractivity contribution in [3.05, 3.63) is 59.1 Å². The second-order valence-corrected chi connectivity index (χ2v) is 9.59. The molecule has 1 aromatic carbocycles. The molecule has 0 saturated heterocycles. The van der Waals surface area contributed by atoms with E-state index in [1.807, 2.05) is 30.7 Å². The number of hydrogen-bond acceptors (Lipinski definition) is 8. The molecule has 0 unspecified atom stereocenters. The molecule has 1 saturated carbocycles. The second-order valence-electron chi connectivity index (χ2n) is 9.59. The highest BCUT2D eigenvalue weighted by molar-refractivity contribution is 5.68. The Kier molecular flexibility index (Phi) is 9.11. The van der Waals surface area contributed by atoms with Gasteiger partial charge in [-0.2, -0.15) is 15.5 Å². The van der Waals surface area contributed by atoms with E-state index in [2.05, 4.69) is 22.1 Å². The molecule has 0 aliphatic heterocycles. The van der Waals surface area contributed by atoms with Crippen LogP contribution in [0.5, 0.6) is 5.75 Å². The van der Waals surface area contributed by atoms with E-state index < -0.39 is 11.9 Å². The lowest BCUT2D eigenvalue weighted by molar-refractivity contribution is 0.0783. The highest BCUT2D eigenvalue weighted by atomic mass is 19.1. The van der Waals surface area contributed by atoms with Gasteiger partial charge in [0.05, 0.1) is 54.5 Å². The summed E-state index contributed by atoms with van der Waals surface area (Å²) in [7, 11) is 0. The summed E-state index contributed by atoms with van der Waals surface area (Å²) >= 11 is 0. The van der Waals surface area contributed by atoms with Crippen LogP contribution in [-0.2, 0) is 6.54 Å². The zero-order valence-corrected chi connectivity index (χ0v) is 22.2. The standard InChI is InChI=1S/C28H34FN7O3/c1-4-32-26(31-3)12-24-18(2)28(20-14-33-35(15-20)16-22(38)17-37)34-36(24)21-8-10-23(11-9-21)39-25-7-5-6-19(13-30)27(25)29/h5-7,12,14-15,21-23,32,37-38H,3-4,8-11,16-17H2,1-2H3/b26-12+/t21?,22-,23?/m1/s1. The van der Waals surface area contributed by atoms with Crippen LogP contribution < -0.4 is 10.1 Å². The molecule has 2 heterocycles. The number of rotatable bonds is 11. The van der Waals surface area contributed by atoms with Crippen molar-refractivity contribution in [2.24, 2.45) is 4.99 Å². The molecular weight excluding hydrogens is 501 g/mol. The average molecular weight is 536 g/mol. The monoisotopic (exact) mass is 535 g/mol. The molecule has 3 aromatic rings. The number of aliphatic imine (C=N–C) groups is 1. The minimum atomic E-state index is -0.899. The van der Waals surface area contributed by atoms with Crippen molar-refractivity contribution in [3.8, 4) is 23.1 Å². The molecular formula is C28H34FN7O3. The smallest absolute Gasteiger partial charge is 0.182 e. The van der Waals surface area contributed by atoms with Crippen LogP contribution in [0.4, 0.5) is 4.39 Å². The Morgan fingerprint density at radius 3 is 2.82 bits per heavy atom. The van der Waals surface area contributed by atoms with Crippen LogP contribution in [0.25, 0.3) is 17.3 Å². The lowest BCUT2D eigenvalue weighted by Gasteiger charge is -2.30. The molecule has 1 aliphatic rings. The molecule has 0 amide bonds. The molecule has 1 atom stereocenters. The zero-order valence-electron chi connectivity index (χ0n) is 22.2. The maximum Gasteiger partial charge on any atom is 0.182 e. The Balaban J connectivity index is 1.59. The molecule has 2 aromatic heterocycles. The molecule has 0 bridgehead atoms. The van der Waals surface area contributed by atoms with Crippen molar-refractivity contribution in [1.29, 1.82) is 5.26 Å². The number of hydrogen-bond donors (Lipinski definition) is 3. The van der Waals surface area contributed by atoms with Gasteiger partial charge in [0.25, 0.3) is 0 Å². The van der Waals surface area contributed by atoms with Gasteiger partial charge in [0, 0.05) is 29.9 Å². The third kappa shape index (κ3) is 6.35. The van der Waals surface area contributed by atoms with Gasteiger partial charge in [-0.15, -0.1) is 0 Å². The lowest BCUT2D eigenvalue weighted by Crippen LogP contribution is -2.27. The number of aliphatic hydroxyl groups excluding tert-OH is 2. The van der Waals surface area contributed by atoms with E-state index in [1.165, 1.54) is 6.07 Å². The number of nitriles is 1. The van der Waals surface area contributed by atoms with Crippen LogP contribution in [0.15, 0.2) is 41.4 Å². The van der Waals surface area contributed by atoms with E-state index in [9.17, 15) is 9.50 Å². The van der Waals surface area contributed by atoms with Crippen LogP contribution in [0.2, 0.25) is 0 Å². The number of aliphatic hydroxyl groups is 2. The van der Waals surface area contributed by atoms with Gasteiger partial charge in [-0.05, 0) is 58.4 Å². The molecule has 39 heavy (non-hydrogen) atoms. The quantitative estimate of drug-likeness (QED) is 0.320. The largest absolute Gasteiger partial charge is 0.487 e. The Morgan fingerprint density at radius 2 is 2.15 bits per heavy atom. The summed E-state index contributed by atoms with van der Waals surface area (Å²) in [5.41, 5.74) is 3.38. The summed E-state index contributed by atoms with van der Waals surface area (Å²) < 4.78 is 24.1. The van der Waals surface area contributed by atoms with Crippen molar-refractivity contribution < 1.29 is 19.3 Å². The highest BCUT2D eigenvalue weighted by Crippen LogP contribution is 2.36. The Hall–Kier alpha value is -4.01. The van der Waals surface area contributed by atoms with Crippen LogP contribution >= 0.6 is 0 Å². The predicted molar refractivity (Wildman–Crippen MR) is 146 cm³/mol. The first kappa shape index (κ1) is 28.0. The third-order valence-corrected chi connectivity index (χ3v) is 6.88. The first-order chi connectivity index (χ1) is 18.9. The van der Waals surface area contributed by atoms with Crippen LogP contribution in [-0.4, -0.2) is 61.9 Å². The van der Waals surface area contributed by atoms with E-state index in [-0.39, 0.29) is 36.6 Å². The lowest BCUT2D eigenvalue weighted by atomic mass is 9.92. The molecule has 206 valence electrons. The van der Waals surface area contributed by atoms with E-state index in [0.717, 1.165) is 35.4 Å². The van der Waals surface area contributed by atoms with E-state index in [0.29, 0.717) is 25.2 Å². The maximum atomic E-state index is 14.5. The van der Waals surface area contributed by atoms with Crippen molar-refractivity contribution in [2.45, 2.75) is 64.3 Å². The average Bonchev–Trinajstić information content (AvgIpc) is 3.53. The number of nitrogens with one attached hydrogen (secondary N) is 1. The van der Waals surface area contributed by atoms with Gasteiger partial charge in [0.1, 0.15) is 11.9 Å². The van der Waals surface area contributed by atoms with E-state index in [1.54, 1.807) is 29.2 Å². The molecule has 11 heteroatoms. The van der Waals surface area contributed by atoms with E-state index in [4.69, 9.17) is 20.2 Å². The van der Waals surface area contributed by atoms with Crippen LogP contribution in [0, 0.1) is 24.1 Å². The third-order valence-electron chi connectivity index (χ3n) is 6.88. The van der Waals surface area contributed by atoms with Crippen molar-refractivity contribution in [3.63, 3.8) is 0 Å². The number of aromatic nitrogens is 4. The summed E-state index contributed by atoms with van der Waals surface area (Å²) in [4.78, 5) is 4.12. The fourth-order valence-corrected chi connectivity index (χ4v) is 4.85. The minimum Gasteiger partial charge on any atom is -0.487 e. The van der Waals surface area contributed by atoms with Crippen molar-refractivity contribution >= 4 is 12.8 Å². The molecule has 1 fully saturated rings. The number of ether oxygens (including phenoxy) is 1. The van der Waals surface area contributed by atoms with Gasteiger partial charge in [0.15, 0.2) is 11.6 Å². The number of benzene rings is 1. The van der Waals surface area contributed by atoms with Gasteiger partial charge < -0.3 is 20.3 Å². The van der Waals surface area contributed by atoms with Crippen molar-refractivity contribution in [2.75, 3.05) is 13.2 Å². The van der Waals surface area contributed by atoms with Gasteiger partial charge in [-0.25, -0.2) is 9.38 Å². The SMILES string of the molecule is C=N/C(=C\c1c(C)c(-c2cnn(C[C@@H](O)CO)c2)nn1C1CCC(Oc2cccc(C#N)c2F)CC1)NCC. The summed E-state index contributed by atoms with van der Waals surface area (Å²) in [5, 5.41) is 40.6. The molecule has 1 aliphatic carbocycles. The van der Waals surface area contributed by atoms with Gasteiger partial charge in [0.2, 0.25) is 0 Å². The van der Waals surface area contributed by atoms with Gasteiger partial charge >= 0.3 is 0 Å². The normalized spacial score (nSPS) is 18.4.